The van der Waals surface area contributed by atoms with E-state index in [2.05, 4.69) is 4.74 Å². The van der Waals surface area contributed by atoms with Crippen LogP contribution >= 0.6 is 11.6 Å². The third kappa shape index (κ3) is 2.70. The number of nitrogens with two attached hydrogens (primary N) is 1. The molecule has 0 unspecified atom stereocenters. The van der Waals surface area contributed by atoms with Gasteiger partial charge in [0.2, 0.25) is 0 Å². The summed E-state index contributed by atoms with van der Waals surface area (Å²) in [6.07, 6.45) is -4.74. The lowest BCUT2D eigenvalue weighted by Crippen LogP contribution is -2.18. The molecule has 0 heterocycles. The van der Waals surface area contributed by atoms with Gasteiger partial charge in [0.1, 0.15) is 0 Å². The van der Waals surface area contributed by atoms with E-state index >= 15 is 0 Å². The molecular formula is C8H7ClF3NO. The van der Waals surface area contributed by atoms with Crippen LogP contribution in [-0.4, -0.2) is 6.36 Å². The van der Waals surface area contributed by atoms with E-state index < -0.39 is 12.1 Å². The molecule has 0 amide bonds. The number of benzene rings is 1. The summed E-state index contributed by atoms with van der Waals surface area (Å²) in [7, 11) is 0. The number of hydrogen-bond acceptors (Lipinski definition) is 2. The summed E-state index contributed by atoms with van der Waals surface area (Å²) >= 11 is 5.46. The van der Waals surface area contributed by atoms with Gasteiger partial charge in [-0.1, -0.05) is 12.1 Å². The van der Waals surface area contributed by atoms with Crippen molar-refractivity contribution in [3.8, 4) is 5.75 Å². The van der Waals surface area contributed by atoms with Crippen molar-refractivity contribution < 1.29 is 17.9 Å². The standard InChI is InChI=1S/C8H7ClF3NO/c9-4-5-2-1-3-6(7(5)13)14-8(10,11)12/h1-3H,4,13H2. The summed E-state index contributed by atoms with van der Waals surface area (Å²) in [4.78, 5) is 0. The van der Waals surface area contributed by atoms with Gasteiger partial charge < -0.3 is 10.5 Å². The number of hydrogen-bond donors (Lipinski definition) is 1. The molecule has 2 nitrogen and oxygen atoms in total. The van der Waals surface area contributed by atoms with Crippen molar-refractivity contribution in [2.45, 2.75) is 12.2 Å². The summed E-state index contributed by atoms with van der Waals surface area (Å²) in [5.74, 6) is -0.378. The molecule has 2 N–H and O–H groups in total. The van der Waals surface area contributed by atoms with Crippen LogP contribution in [-0.2, 0) is 5.88 Å². The number of rotatable bonds is 2. The van der Waals surface area contributed by atoms with E-state index in [9.17, 15) is 13.2 Å². The van der Waals surface area contributed by atoms with Crippen LogP contribution in [0.5, 0.6) is 5.75 Å². The molecular weight excluding hydrogens is 219 g/mol. The van der Waals surface area contributed by atoms with E-state index in [0.717, 1.165) is 6.07 Å². The van der Waals surface area contributed by atoms with E-state index in [0.29, 0.717) is 5.56 Å². The van der Waals surface area contributed by atoms with Gasteiger partial charge in [-0.2, -0.15) is 0 Å². The van der Waals surface area contributed by atoms with Gasteiger partial charge >= 0.3 is 6.36 Å². The molecule has 78 valence electrons. The Morgan fingerprint density at radius 2 is 2.00 bits per heavy atom. The van der Waals surface area contributed by atoms with Crippen LogP contribution in [0, 0.1) is 0 Å². The molecule has 0 atom stereocenters. The van der Waals surface area contributed by atoms with Gasteiger partial charge in [-0.25, -0.2) is 0 Å². The number of ether oxygens (including phenoxy) is 1. The molecule has 1 aromatic rings. The van der Waals surface area contributed by atoms with Crippen LogP contribution in [0.25, 0.3) is 0 Å². The second-order valence-electron chi connectivity index (χ2n) is 2.51. The maximum absolute atomic E-state index is 11.8. The highest BCUT2D eigenvalue weighted by Crippen LogP contribution is 2.31. The average molecular weight is 226 g/mol. The predicted molar refractivity (Wildman–Crippen MR) is 47.1 cm³/mol. The lowest BCUT2D eigenvalue weighted by Gasteiger charge is -2.12. The van der Waals surface area contributed by atoms with Gasteiger partial charge in [0, 0.05) is 5.88 Å². The average Bonchev–Trinajstić information content (AvgIpc) is 2.06. The SMILES string of the molecule is Nc1c(CCl)cccc1OC(F)(F)F. The van der Waals surface area contributed by atoms with E-state index in [1.807, 2.05) is 0 Å². The second-order valence-corrected chi connectivity index (χ2v) is 2.78. The fourth-order valence-corrected chi connectivity index (χ4v) is 1.15. The first-order valence-electron chi connectivity index (χ1n) is 3.63. The van der Waals surface area contributed by atoms with Gasteiger partial charge in [-0.05, 0) is 11.6 Å². The van der Waals surface area contributed by atoms with Crippen molar-refractivity contribution >= 4 is 17.3 Å². The van der Waals surface area contributed by atoms with Crippen LogP contribution in [0.2, 0.25) is 0 Å². The molecule has 0 aromatic heterocycles. The quantitative estimate of drug-likeness (QED) is 0.621. The molecule has 1 rings (SSSR count). The molecule has 0 aliphatic heterocycles. The van der Waals surface area contributed by atoms with Crippen LogP contribution < -0.4 is 10.5 Å². The molecule has 0 aliphatic carbocycles. The zero-order valence-corrected chi connectivity index (χ0v) is 7.69. The third-order valence-electron chi connectivity index (χ3n) is 1.53. The van der Waals surface area contributed by atoms with Crippen molar-refractivity contribution in [1.82, 2.24) is 0 Å². The zero-order valence-electron chi connectivity index (χ0n) is 6.94. The molecule has 0 bridgehead atoms. The zero-order chi connectivity index (χ0) is 10.8. The molecule has 0 spiro atoms. The van der Waals surface area contributed by atoms with Gasteiger partial charge in [0.05, 0.1) is 5.69 Å². The summed E-state index contributed by atoms with van der Waals surface area (Å²) in [5.41, 5.74) is 5.72. The van der Waals surface area contributed by atoms with Crippen molar-refractivity contribution in [1.29, 1.82) is 0 Å². The Morgan fingerprint density at radius 3 is 2.50 bits per heavy atom. The molecule has 6 heteroatoms. The van der Waals surface area contributed by atoms with Crippen LogP contribution in [0.1, 0.15) is 5.56 Å². The first-order valence-corrected chi connectivity index (χ1v) is 4.16. The van der Waals surface area contributed by atoms with Crippen molar-refractivity contribution in [3.05, 3.63) is 23.8 Å². The highest BCUT2D eigenvalue weighted by atomic mass is 35.5. The van der Waals surface area contributed by atoms with E-state index in [4.69, 9.17) is 17.3 Å². The maximum Gasteiger partial charge on any atom is 0.573 e. The molecule has 1 aromatic carbocycles. The number of para-hydroxylation sites is 1. The smallest absolute Gasteiger partial charge is 0.404 e. The van der Waals surface area contributed by atoms with Gasteiger partial charge in [0.15, 0.2) is 5.75 Å². The van der Waals surface area contributed by atoms with E-state index in [-0.39, 0.29) is 11.6 Å². The first kappa shape index (κ1) is 11.0. The van der Waals surface area contributed by atoms with Crippen molar-refractivity contribution in [3.63, 3.8) is 0 Å². The monoisotopic (exact) mass is 225 g/mol. The Labute approximate surface area is 83.4 Å². The Kier molecular flexibility index (Phi) is 3.10. The summed E-state index contributed by atoms with van der Waals surface area (Å²) in [5, 5.41) is 0. The topological polar surface area (TPSA) is 35.2 Å². The molecule has 0 aliphatic rings. The normalized spacial score (nSPS) is 11.4. The summed E-state index contributed by atoms with van der Waals surface area (Å²) in [6, 6.07) is 4.07. The first-order chi connectivity index (χ1) is 6.44. The van der Waals surface area contributed by atoms with Gasteiger partial charge in [-0.3, -0.25) is 0 Å². The third-order valence-corrected chi connectivity index (χ3v) is 1.81. The molecule has 0 saturated heterocycles. The molecule has 0 saturated carbocycles. The number of nitrogen functional groups attached to an aromatic ring is 1. The van der Waals surface area contributed by atoms with Gasteiger partial charge in [0.25, 0.3) is 0 Å². The Bertz CT molecular complexity index is 327. The predicted octanol–water partition coefficient (Wildman–Crippen LogP) is 2.91. The lowest BCUT2D eigenvalue weighted by atomic mass is 10.2. The van der Waals surface area contributed by atoms with Gasteiger partial charge in [-0.15, -0.1) is 24.8 Å². The summed E-state index contributed by atoms with van der Waals surface area (Å²) < 4.78 is 39.2. The van der Waals surface area contributed by atoms with Crippen molar-refractivity contribution in [2.75, 3.05) is 5.73 Å². The minimum atomic E-state index is -4.74. The maximum atomic E-state index is 11.8. The van der Waals surface area contributed by atoms with E-state index in [1.54, 1.807) is 0 Å². The number of halogens is 4. The number of anilines is 1. The van der Waals surface area contributed by atoms with Crippen LogP contribution in [0.4, 0.5) is 18.9 Å². The Hall–Kier alpha value is -1.10. The van der Waals surface area contributed by atoms with Crippen LogP contribution in [0.15, 0.2) is 18.2 Å². The fourth-order valence-electron chi connectivity index (χ4n) is 0.920. The molecule has 0 fully saturated rings. The Balaban J connectivity index is 2.98. The highest BCUT2D eigenvalue weighted by Gasteiger charge is 2.32. The van der Waals surface area contributed by atoms with E-state index in [1.165, 1.54) is 12.1 Å². The summed E-state index contributed by atoms with van der Waals surface area (Å²) in [6.45, 7) is 0. The largest absolute Gasteiger partial charge is 0.573 e. The lowest BCUT2D eigenvalue weighted by molar-refractivity contribution is -0.274. The minimum absolute atomic E-state index is 0.0426. The molecule has 14 heavy (non-hydrogen) atoms. The fraction of sp³-hybridized carbons (Fsp3) is 0.250. The highest BCUT2D eigenvalue weighted by molar-refractivity contribution is 6.17. The number of alkyl halides is 4. The second kappa shape index (κ2) is 3.96. The van der Waals surface area contributed by atoms with Crippen LogP contribution in [0.3, 0.4) is 0 Å². The Morgan fingerprint density at radius 1 is 1.36 bits per heavy atom. The van der Waals surface area contributed by atoms with Crippen molar-refractivity contribution in [2.24, 2.45) is 0 Å². The minimum Gasteiger partial charge on any atom is -0.404 e. The molecule has 0 radical (unpaired) electrons.